The Balaban J connectivity index is 2.48. The molecule has 0 bridgehead atoms. The van der Waals surface area contributed by atoms with Crippen LogP contribution in [0.2, 0.25) is 0 Å². The molecule has 0 saturated carbocycles. The van der Waals surface area contributed by atoms with Crippen LogP contribution < -0.4 is 0 Å². The molecule has 0 saturated heterocycles. The third kappa shape index (κ3) is 2.66. The van der Waals surface area contributed by atoms with Crippen LogP contribution in [0.3, 0.4) is 0 Å². The minimum Gasteiger partial charge on any atom is -0.300 e. The van der Waals surface area contributed by atoms with Crippen molar-refractivity contribution in [3.8, 4) is 0 Å². The Bertz CT molecular complexity index is 536. The van der Waals surface area contributed by atoms with Crippen LogP contribution in [0.4, 0.5) is 0 Å². The molecule has 0 spiro atoms. The summed E-state index contributed by atoms with van der Waals surface area (Å²) in [6.07, 6.45) is 1.79. The summed E-state index contributed by atoms with van der Waals surface area (Å²) in [7, 11) is 0. The molecule has 2 atom stereocenters. The molecule has 1 aromatic rings. The Morgan fingerprint density at radius 2 is 2.16 bits per heavy atom. The Hall–Kier alpha value is -0.960. The summed E-state index contributed by atoms with van der Waals surface area (Å²) < 4.78 is 0. The van der Waals surface area contributed by atoms with Gasteiger partial charge in [-0.3, -0.25) is 4.79 Å². The number of fused-ring (bicyclic) bond motifs is 1. The lowest BCUT2D eigenvalue weighted by Gasteiger charge is -2.37. The average molecular weight is 323 g/mol. The van der Waals surface area contributed by atoms with E-state index in [4.69, 9.17) is 0 Å². The predicted molar refractivity (Wildman–Crippen MR) is 79.9 cm³/mol. The van der Waals surface area contributed by atoms with Crippen molar-refractivity contribution in [1.29, 1.82) is 0 Å². The van der Waals surface area contributed by atoms with Crippen molar-refractivity contribution in [2.24, 2.45) is 0 Å². The summed E-state index contributed by atoms with van der Waals surface area (Å²) in [4.78, 5) is 23.7. The number of hydrogen-bond donors (Lipinski definition) is 0. The molecule has 3 heteroatoms. The van der Waals surface area contributed by atoms with Gasteiger partial charge in [0.1, 0.15) is 5.78 Å². The van der Waals surface area contributed by atoms with E-state index in [-0.39, 0.29) is 16.4 Å². The number of hydrogen-bond acceptors (Lipinski definition) is 2. The van der Waals surface area contributed by atoms with Gasteiger partial charge in [-0.15, -0.1) is 0 Å². The smallest absolute Gasteiger partial charge is 0.157 e. The Kier molecular flexibility index (Phi) is 3.95. The van der Waals surface area contributed by atoms with Crippen molar-refractivity contribution in [2.75, 3.05) is 0 Å². The maximum absolute atomic E-state index is 12.6. The topological polar surface area (TPSA) is 34.1 Å². The minimum absolute atomic E-state index is 0.139. The van der Waals surface area contributed by atoms with Gasteiger partial charge in [0.15, 0.2) is 5.78 Å². The van der Waals surface area contributed by atoms with Gasteiger partial charge in [0, 0.05) is 6.42 Å². The molecule has 19 heavy (non-hydrogen) atoms. The van der Waals surface area contributed by atoms with E-state index in [1.54, 1.807) is 6.92 Å². The second-order valence-corrected chi connectivity index (χ2v) is 6.84. The number of halogens is 1. The maximum Gasteiger partial charge on any atom is 0.157 e. The van der Waals surface area contributed by atoms with Crippen LogP contribution in [0.5, 0.6) is 0 Å². The monoisotopic (exact) mass is 322 g/mol. The lowest BCUT2D eigenvalue weighted by molar-refractivity contribution is -0.124. The second-order valence-electron chi connectivity index (χ2n) is 5.73. The molecule has 2 unspecified atom stereocenters. The molecular weight excluding hydrogens is 304 g/mol. The molecule has 2 nitrogen and oxygen atoms in total. The number of carbonyl (C=O) groups is 2. The van der Waals surface area contributed by atoms with Gasteiger partial charge in [0.25, 0.3) is 0 Å². The third-order valence-corrected chi connectivity index (χ3v) is 4.80. The van der Waals surface area contributed by atoms with Crippen molar-refractivity contribution in [1.82, 2.24) is 0 Å². The summed E-state index contributed by atoms with van der Waals surface area (Å²) in [6.45, 7) is 5.60. The fourth-order valence-corrected chi connectivity index (χ4v) is 3.68. The number of Topliss-reactive ketones (excluding diaryl/α,β-unsaturated/α-hetero) is 2. The molecule has 102 valence electrons. The Morgan fingerprint density at radius 3 is 2.79 bits per heavy atom. The van der Waals surface area contributed by atoms with Crippen LogP contribution in [0.15, 0.2) is 18.2 Å². The number of aryl methyl sites for hydroxylation is 1. The molecule has 0 amide bonds. The summed E-state index contributed by atoms with van der Waals surface area (Å²) in [5, 5.41) is 0. The first-order valence-electron chi connectivity index (χ1n) is 6.62. The van der Waals surface area contributed by atoms with Crippen LogP contribution in [0, 0.1) is 6.92 Å². The van der Waals surface area contributed by atoms with Gasteiger partial charge in [0.05, 0.1) is 10.2 Å². The highest BCUT2D eigenvalue weighted by atomic mass is 79.9. The number of carbonyl (C=O) groups excluding carboxylic acids is 2. The number of rotatable bonds is 3. The summed E-state index contributed by atoms with van der Waals surface area (Å²) >= 11 is 3.49. The zero-order chi connectivity index (χ0) is 14.2. The van der Waals surface area contributed by atoms with E-state index in [1.807, 2.05) is 13.8 Å². The highest BCUT2D eigenvalue weighted by Crippen LogP contribution is 2.40. The van der Waals surface area contributed by atoms with Crippen molar-refractivity contribution in [2.45, 2.75) is 50.3 Å². The minimum atomic E-state index is -0.542. The second kappa shape index (κ2) is 5.20. The standard InChI is InChI=1S/C16H19BrO2/c1-10-4-5-12-9-14(17)15(19)16(3,13(12)8-10)7-6-11(2)18/h4-5,8,14H,6-7,9H2,1-3H3. The average Bonchev–Trinajstić information content (AvgIpc) is 2.35. The van der Waals surface area contributed by atoms with Crippen LogP contribution >= 0.6 is 15.9 Å². The van der Waals surface area contributed by atoms with E-state index in [1.165, 1.54) is 5.56 Å². The highest BCUT2D eigenvalue weighted by molar-refractivity contribution is 9.10. The maximum atomic E-state index is 12.6. The van der Waals surface area contributed by atoms with Gasteiger partial charge in [-0.25, -0.2) is 0 Å². The molecule has 0 radical (unpaired) electrons. The van der Waals surface area contributed by atoms with Crippen LogP contribution in [0.1, 0.15) is 43.4 Å². The zero-order valence-electron chi connectivity index (χ0n) is 11.6. The zero-order valence-corrected chi connectivity index (χ0v) is 13.2. The first kappa shape index (κ1) is 14.4. The fraction of sp³-hybridized carbons (Fsp3) is 0.500. The van der Waals surface area contributed by atoms with E-state index in [0.29, 0.717) is 12.8 Å². The molecule has 0 heterocycles. The van der Waals surface area contributed by atoms with E-state index < -0.39 is 5.41 Å². The third-order valence-electron chi connectivity index (χ3n) is 4.06. The molecular formula is C16H19BrO2. The van der Waals surface area contributed by atoms with Crippen molar-refractivity contribution < 1.29 is 9.59 Å². The largest absolute Gasteiger partial charge is 0.300 e. The fourth-order valence-electron chi connectivity index (χ4n) is 2.83. The van der Waals surface area contributed by atoms with Crippen molar-refractivity contribution in [3.63, 3.8) is 0 Å². The summed E-state index contributed by atoms with van der Waals surface area (Å²) in [5.74, 6) is 0.340. The molecule has 0 fully saturated rings. The molecule has 2 rings (SSSR count). The van der Waals surface area contributed by atoms with Crippen molar-refractivity contribution >= 4 is 27.5 Å². The molecule has 1 aliphatic carbocycles. The van der Waals surface area contributed by atoms with Crippen LogP contribution in [-0.4, -0.2) is 16.4 Å². The SMILES string of the molecule is CC(=O)CCC1(C)C(=O)C(Br)Cc2ccc(C)cc21. The number of alkyl halides is 1. The lowest BCUT2D eigenvalue weighted by Crippen LogP contribution is -2.44. The van der Waals surface area contributed by atoms with E-state index >= 15 is 0 Å². The molecule has 0 N–H and O–H groups in total. The quantitative estimate of drug-likeness (QED) is 0.798. The Labute approximate surface area is 122 Å². The summed E-state index contributed by atoms with van der Waals surface area (Å²) in [5.41, 5.74) is 2.94. The van der Waals surface area contributed by atoms with Crippen LogP contribution in [0.25, 0.3) is 0 Å². The predicted octanol–water partition coefficient (Wildman–Crippen LogP) is 3.51. The molecule has 0 aliphatic heterocycles. The van der Waals surface area contributed by atoms with E-state index in [9.17, 15) is 9.59 Å². The van der Waals surface area contributed by atoms with Gasteiger partial charge in [-0.1, -0.05) is 39.7 Å². The highest BCUT2D eigenvalue weighted by Gasteiger charge is 2.43. The number of ketones is 2. The first-order chi connectivity index (χ1) is 8.84. The molecule has 0 aromatic heterocycles. The summed E-state index contributed by atoms with van der Waals surface area (Å²) in [6, 6.07) is 6.30. The molecule has 1 aromatic carbocycles. The lowest BCUT2D eigenvalue weighted by atomic mass is 9.67. The normalized spacial score (nSPS) is 26.1. The van der Waals surface area contributed by atoms with Gasteiger partial charge >= 0.3 is 0 Å². The van der Waals surface area contributed by atoms with Crippen molar-refractivity contribution in [3.05, 3.63) is 34.9 Å². The molecule has 1 aliphatic rings. The van der Waals surface area contributed by atoms with E-state index in [0.717, 1.165) is 17.5 Å². The van der Waals surface area contributed by atoms with Gasteiger partial charge < -0.3 is 4.79 Å². The first-order valence-corrected chi connectivity index (χ1v) is 7.54. The van der Waals surface area contributed by atoms with Gasteiger partial charge in [0.2, 0.25) is 0 Å². The number of benzene rings is 1. The van der Waals surface area contributed by atoms with Gasteiger partial charge in [-0.05, 0) is 44.7 Å². The Morgan fingerprint density at radius 1 is 1.47 bits per heavy atom. The van der Waals surface area contributed by atoms with Crippen LogP contribution in [-0.2, 0) is 21.4 Å². The van der Waals surface area contributed by atoms with Gasteiger partial charge in [-0.2, -0.15) is 0 Å². The van der Waals surface area contributed by atoms with E-state index in [2.05, 4.69) is 34.1 Å².